The highest BCUT2D eigenvalue weighted by Gasteiger charge is 2.48. The Morgan fingerprint density at radius 3 is 2.40 bits per heavy atom. The number of esters is 2. The predicted molar refractivity (Wildman–Crippen MR) is 73.0 cm³/mol. The molecule has 0 aromatic carbocycles. The van der Waals surface area contributed by atoms with Gasteiger partial charge in [0.25, 0.3) is 5.78 Å². The number of ketones is 1. The fraction of sp³-hybridized carbons (Fsp3) is 0.800. The summed E-state index contributed by atoms with van der Waals surface area (Å²) in [7, 11) is 0. The minimum atomic E-state index is -1.06. The van der Waals surface area contributed by atoms with Crippen LogP contribution in [0.15, 0.2) is 0 Å². The summed E-state index contributed by atoms with van der Waals surface area (Å²) < 4.78 is 9.83. The summed E-state index contributed by atoms with van der Waals surface area (Å²) in [6.07, 6.45) is 6.53. The molecule has 1 heterocycles. The van der Waals surface area contributed by atoms with Crippen molar-refractivity contribution >= 4 is 17.7 Å². The highest BCUT2D eigenvalue weighted by molar-refractivity contribution is 6.40. The third kappa shape index (κ3) is 4.62. The summed E-state index contributed by atoms with van der Waals surface area (Å²) in [5, 5.41) is 0. The van der Waals surface area contributed by atoms with Crippen molar-refractivity contribution in [1.29, 1.82) is 0 Å². The van der Waals surface area contributed by atoms with Gasteiger partial charge in [-0.3, -0.25) is 9.59 Å². The highest BCUT2D eigenvalue weighted by atomic mass is 16.6. The van der Waals surface area contributed by atoms with Gasteiger partial charge in [0.1, 0.15) is 6.10 Å². The summed E-state index contributed by atoms with van der Waals surface area (Å²) in [4.78, 5) is 34.6. The Hall–Kier alpha value is -1.39. The molecule has 0 aromatic heterocycles. The van der Waals surface area contributed by atoms with E-state index in [0.717, 1.165) is 19.3 Å². The van der Waals surface area contributed by atoms with Gasteiger partial charge in [-0.25, -0.2) is 4.79 Å². The summed E-state index contributed by atoms with van der Waals surface area (Å²) in [6, 6.07) is 0. The number of hydrogen-bond acceptors (Lipinski definition) is 5. The molecule has 5 nitrogen and oxygen atoms in total. The second kappa shape index (κ2) is 8.72. The molecule has 0 aliphatic carbocycles. The molecule has 1 aliphatic rings. The topological polar surface area (TPSA) is 69.7 Å². The smallest absolute Gasteiger partial charge is 0.376 e. The fourth-order valence-corrected chi connectivity index (χ4v) is 2.40. The molecule has 0 bridgehead atoms. The Bertz CT molecular complexity index is 350. The summed E-state index contributed by atoms with van der Waals surface area (Å²) in [6.45, 7) is 4.02. The number of Topliss-reactive ketones (excluding diaryl/α,β-unsaturated/α-hetero) is 1. The highest BCUT2D eigenvalue weighted by Crippen LogP contribution is 2.25. The van der Waals surface area contributed by atoms with Crippen molar-refractivity contribution in [2.24, 2.45) is 5.92 Å². The average Bonchev–Trinajstić information content (AvgIpc) is 2.69. The van der Waals surface area contributed by atoms with Gasteiger partial charge in [-0.2, -0.15) is 0 Å². The van der Waals surface area contributed by atoms with E-state index in [2.05, 4.69) is 6.92 Å². The molecule has 0 radical (unpaired) electrons. The lowest BCUT2D eigenvalue weighted by molar-refractivity contribution is -0.152. The van der Waals surface area contributed by atoms with Crippen molar-refractivity contribution in [3.05, 3.63) is 0 Å². The van der Waals surface area contributed by atoms with E-state index in [1.54, 1.807) is 6.92 Å². The molecule has 114 valence electrons. The van der Waals surface area contributed by atoms with E-state index in [1.807, 2.05) is 0 Å². The van der Waals surface area contributed by atoms with Crippen molar-refractivity contribution < 1.29 is 23.9 Å². The quantitative estimate of drug-likeness (QED) is 0.281. The number of cyclic esters (lactones) is 1. The normalized spacial score (nSPS) is 21.9. The molecule has 0 amide bonds. The zero-order valence-electron chi connectivity index (χ0n) is 12.4. The Morgan fingerprint density at radius 1 is 1.10 bits per heavy atom. The second-order valence-electron chi connectivity index (χ2n) is 5.09. The Labute approximate surface area is 120 Å². The molecule has 0 aromatic rings. The largest absolute Gasteiger partial charge is 0.465 e. The van der Waals surface area contributed by atoms with Crippen LogP contribution in [0.4, 0.5) is 0 Å². The van der Waals surface area contributed by atoms with Gasteiger partial charge in [0.2, 0.25) is 0 Å². The number of carbonyl (C=O) groups excluding carboxylic acids is 3. The zero-order chi connectivity index (χ0) is 15.0. The Morgan fingerprint density at radius 2 is 1.75 bits per heavy atom. The molecular weight excluding hydrogens is 260 g/mol. The molecule has 2 unspecified atom stereocenters. The van der Waals surface area contributed by atoms with Crippen LogP contribution in [0.1, 0.15) is 58.8 Å². The predicted octanol–water partition coefficient (Wildman–Crippen LogP) is 2.41. The Balaban J connectivity index is 2.40. The van der Waals surface area contributed by atoms with E-state index in [1.165, 1.54) is 19.3 Å². The standard InChI is InChI=1S/C15H24O5/c1-3-5-6-7-8-9-10-11-12(14(17)19-4-2)13(16)15(18)20-11/h11-12H,3-10H2,1-2H3. The summed E-state index contributed by atoms with van der Waals surface area (Å²) in [5.74, 6) is -3.36. The molecular formula is C15H24O5. The number of unbranched alkanes of at least 4 members (excludes halogenated alkanes) is 5. The van der Waals surface area contributed by atoms with Crippen LogP contribution in [0.3, 0.4) is 0 Å². The minimum Gasteiger partial charge on any atom is -0.465 e. The first-order chi connectivity index (χ1) is 9.61. The maximum absolute atomic E-state index is 11.7. The first-order valence-electron chi connectivity index (χ1n) is 7.53. The van der Waals surface area contributed by atoms with E-state index in [-0.39, 0.29) is 6.61 Å². The molecule has 1 rings (SSSR count). The molecule has 0 spiro atoms. The van der Waals surface area contributed by atoms with Gasteiger partial charge in [0.05, 0.1) is 6.61 Å². The van der Waals surface area contributed by atoms with Crippen LogP contribution in [-0.2, 0) is 23.9 Å². The molecule has 2 atom stereocenters. The van der Waals surface area contributed by atoms with Gasteiger partial charge in [-0.05, 0) is 19.8 Å². The molecule has 1 aliphatic heterocycles. The zero-order valence-corrected chi connectivity index (χ0v) is 12.4. The number of hydrogen-bond donors (Lipinski definition) is 0. The molecule has 1 fully saturated rings. The van der Waals surface area contributed by atoms with Crippen molar-refractivity contribution in [2.45, 2.75) is 64.9 Å². The number of carbonyl (C=O) groups is 3. The molecule has 5 heteroatoms. The van der Waals surface area contributed by atoms with Gasteiger partial charge < -0.3 is 9.47 Å². The molecule has 0 N–H and O–H groups in total. The van der Waals surface area contributed by atoms with Crippen LogP contribution in [0.2, 0.25) is 0 Å². The van der Waals surface area contributed by atoms with Gasteiger partial charge in [-0.15, -0.1) is 0 Å². The third-order valence-corrected chi connectivity index (χ3v) is 3.50. The SMILES string of the molecule is CCCCCCCCC1OC(=O)C(=O)C1C(=O)OCC. The lowest BCUT2D eigenvalue weighted by atomic mass is 9.95. The Kier molecular flexibility index (Phi) is 7.26. The van der Waals surface area contributed by atoms with Crippen molar-refractivity contribution in [1.82, 2.24) is 0 Å². The maximum Gasteiger partial charge on any atom is 0.376 e. The van der Waals surface area contributed by atoms with Gasteiger partial charge >= 0.3 is 11.9 Å². The fourth-order valence-electron chi connectivity index (χ4n) is 2.40. The number of ether oxygens (including phenoxy) is 2. The van der Waals surface area contributed by atoms with Crippen LogP contribution >= 0.6 is 0 Å². The first kappa shape index (κ1) is 16.7. The van der Waals surface area contributed by atoms with Crippen molar-refractivity contribution in [2.75, 3.05) is 6.61 Å². The van der Waals surface area contributed by atoms with E-state index in [0.29, 0.717) is 6.42 Å². The van der Waals surface area contributed by atoms with Gasteiger partial charge in [-0.1, -0.05) is 39.0 Å². The van der Waals surface area contributed by atoms with E-state index in [4.69, 9.17) is 9.47 Å². The van der Waals surface area contributed by atoms with Crippen molar-refractivity contribution in [3.8, 4) is 0 Å². The van der Waals surface area contributed by atoms with Crippen LogP contribution in [-0.4, -0.2) is 30.4 Å². The molecule has 20 heavy (non-hydrogen) atoms. The molecule has 1 saturated heterocycles. The third-order valence-electron chi connectivity index (χ3n) is 3.50. The van der Waals surface area contributed by atoms with Gasteiger partial charge in [0.15, 0.2) is 5.92 Å². The second-order valence-corrected chi connectivity index (χ2v) is 5.09. The van der Waals surface area contributed by atoms with Crippen LogP contribution in [0.5, 0.6) is 0 Å². The van der Waals surface area contributed by atoms with E-state index in [9.17, 15) is 14.4 Å². The summed E-state index contributed by atoms with van der Waals surface area (Å²) >= 11 is 0. The molecule has 0 saturated carbocycles. The van der Waals surface area contributed by atoms with Crippen LogP contribution < -0.4 is 0 Å². The monoisotopic (exact) mass is 284 g/mol. The lowest BCUT2D eigenvalue weighted by Gasteiger charge is -2.14. The lowest BCUT2D eigenvalue weighted by Crippen LogP contribution is -2.31. The van der Waals surface area contributed by atoms with Gasteiger partial charge in [0, 0.05) is 0 Å². The van der Waals surface area contributed by atoms with E-state index < -0.39 is 29.7 Å². The summed E-state index contributed by atoms with van der Waals surface area (Å²) in [5.41, 5.74) is 0. The average molecular weight is 284 g/mol. The number of rotatable bonds is 9. The van der Waals surface area contributed by atoms with Crippen molar-refractivity contribution in [3.63, 3.8) is 0 Å². The first-order valence-corrected chi connectivity index (χ1v) is 7.53. The minimum absolute atomic E-state index is 0.195. The van der Waals surface area contributed by atoms with E-state index >= 15 is 0 Å². The maximum atomic E-state index is 11.7. The van der Waals surface area contributed by atoms with Crippen LogP contribution in [0, 0.1) is 5.92 Å². The van der Waals surface area contributed by atoms with Crippen LogP contribution in [0.25, 0.3) is 0 Å².